The van der Waals surface area contributed by atoms with E-state index in [2.05, 4.69) is 43.3 Å². The Morgan fingerprint density at radius 2 is 1.47 bits per heavy atom. The van der Waals surface area contributed by atoms with E-state index in [0.717, 1.165) is 24.0 Å². The van der Waals surface area contributed by atoms with Gasteiger partial charge in [0.1, 0.15) is 0 Å². The van der Waals surface area contributed by atoms with Crippen molar-refractivity contribution in [2.45, 2.75) is 25.3 Å². The molecule has 2 aromatic carbocycles. The Kier molecular flexibility index (Phi) is 4.35. The van der Waals surface area contributed by atoms with Gasteiger partial charge in [0, 0.05) is 0 Å². The van der Waals surface area contributed by atoms with E-state index in [-0.39, 0.29) is 0 Å². The highest BCUT2D eigenvalue weighted by atomic mass is 14.7. The largest absolute Gasteiger partial charge is 0.330 e. The average Bonchev–Trinajstić information content (AvgIpc) is 2.48. The van der Waals surface area contributed by atoms with Crippen molar-refractivity contribution in [3.05, 3.63) is 71.3 Å². The van der Waals surface area contributed by atoms with E-state index in [0.29, 0.717) is 6.54 Å². The fourth-order valence-corrected chi connectivity index (χ4v) is 2.45. The summed E-state index contributed by atoms with van der Waals surface area (Å²) >= 11 is 0. The Bertz CT molecular complexity index is 505. The van der Waals surface area contributed by atoms with E-state index in [1.54, 1.807) is 0 Å². The molecule has 0 saturated heterocycles. The van der Waals surface area contributed by atoms with Crippen molar-refractivity contribution in [3.8, 4) is 0 Å². The molecule has 0 radical (unpaired) electrons. The summed E-state index contributed by atoms with van der Waals surface area (Å²) in [5.41, 5.74) is 15.4. The standard InChI is InChI=1S/C17H22N2/c1-2-17(19,15-6-4-3-5-7-15)16-10-8-14(9-11-16)12-13-18/h3-11H,2,12-13,18-19H2,1H3. The molecule has 19 heavy (non-hydrogen) atoms. The summed E-state index contributed by atoms with van der Waals surface area (Å²) in [6.45, 7) is 2.81. The average molecular weight is 254 g/mol. The highest BCUT2D eigenvalue weighted by molar-refractivity contribution is 5.38. The molecule has 0 fully saturated rings. The summed E-state index contributed by atoms with van der Waals surface area (Å²) in [4.78, 5) is 0. The lowest BCUT2D eigenvalue weighted by Gasteiger charge is -2.29. The molecule has 1 atom stereocenters. The summed E-state index contributed by atoms with van der Waals surface area (Å²) in [6, 6.07) is 18.8. The van der Waals surface area contributed by atoms with Gasteiger partial charge in [0.05, 0.1) is 5.54 Å². The number of rotatable bonds is 5. The Hall–Kier alpha value is -1.64. The van der Waals surface area contributed by atoms with E-state index < -0.39 is 5.54 Å². The molecule has 0 heterocycles. The van der Waals surface area contributed by atoms with Crippen LogP contribution in [0.25, 0.3) is 0 Å². The summed E-state index contributed by atoms with van der Waals surface area (Å²) in [6.07, 6.45) is 1.78. The van der Waals surface area contributed by atoms with Crippen molar-refractivity contribution in [1.82, 2.24) is 0 Å². The molecule has 0 bridgehead atoms. The van der Waals surface area contributed by atoms with Gasteiger partial charge in [0.2, 0.25) is 0 Å². The first kappa shape index (κ1) is 13.8. The first-order valence-electron chi connectivity index (χ1n) is 6.84. The number of hydrogen-bond acceptors (Lipinski definition) is 2. The minimum atomic E-state index is -0.414. The van der Waals surface area contributed by atoms with Crippen LogP contribution in [0.3, 0.4) is 0 Å². The van der Waals surface area contributed by atoms with Crippen LogP contribution in [-0.4, -0.2) is 6.54 Å². The zero-order valence-electron chi connectivity index (χ0n) is 11.5. The molecule has 0 aliphatic heterocycles. The van der Waals surface area contributed by atoms with Gasteiger partial charge in [0.15, 0.2) is 0 Å². The summed E-state index contributed by atoms with van der Waals surface area (Å²) < 4.78 is 0. The normalized spacial score (nSPS) is 14.1. The van der Waals surface area contributed by atoms with Crippen LogP contribution in [0, 0.1) is 0 Å². The fraction of sp³-hybridized carbons (Fsp3) is 0.294. The number of benzene rings is 2. The van der Waals surface area contributed by atoms with Gasteiger partial charge < -0.3 is 11.5 Å². The molecular weight excluding hydrogens is 232 g/mol. The van der Waals surface area contributed by atoms with Gasteiger partial charge in [0.25, 0.3) is 0 Å². The monoisotopic (exact) mass is 254 g/mol. The molecule has 0 saturated carbocycles. The smallest absolute Gasteiger partial charge is 0.0662 e. The summed E-state index contributed by atoms with van der Waals surface area (Å²) in [5.74, 6) is 0. The molecule has 0 amide bonds. The second-order valence-corrected chi connectivity index (χ2v) is 4.93. The lowest BCUT2D eigenvalue weighted by Crippen LogP contribution is -2.37. The van der Waals surface area contributed by atoms with E-state index in [1.165, 1.54) is 5.56 Å². The highest BCUT2D eigenvalue weighted by Gasteiger charge is 2.27. The quantitative estimate of drug-likeness (QED) is 0.862. The maximum absolute atomic E-state index is 6.64. The molecule has 100 valence electrons. The molecule has 2 rings (SSSR count). The molecule has 2 heteroatoms. The van der Waals surface area contributed by atoms with Crippen molar-refractivity contribution in [2.24, 2.45) is 11.5 Å². The number of hydrogen-bond donors (Lipinski definition) is 2. The zero-order valence-corrected chi connectivity index (χ0v) is 11.5. The van der Waals surface area contributed by atoms with Crippen molar-refractivity contribution in [2.75, 3.05) is 6.54 Å². The maximum atomic E-state index is 6.64. The predicted molar refractivity (Wildman–Crippen MR) is 80.9 cm³/mol. The molecule has 2 aromatic rings. The third kappa shape index (κ3) is 2.86. The minimum Gasteiger partial charge on any atom is -0.330 e. The van der Waals surface area contributed by atoms with Crippen molar-refractivity contribution in [1.29, 1.82) is 0 Å². The van der Waals surface area contributed by atoms with E-state index in [4.69, 9.17) is 11.5 Å². The van der Waals surface area contributed by atoms with Gasteiger partial charge in [-0.1, -0.05) is 61.5 Å². The topological polar surface area (TPSA) is 52.0 Å². The van der Waals surface area contributed by atoms with Crippen LogP contribution in [0.5, 0.6) is 0 Å². The molecule has 2 nitrogen and oxygen atoms in total. The molecule has 1 unspecified atom stereocenters. The van der Waals surface area contributed by atoms with Gasteiger partial charge in [-0.05, 0) is 36.1 Å². The van der Waals surface area contributed by atoms with Crippen LogP contribution in [0.1, 0.15) is 30.0 Å². The van der Waals surface area contributed by atoms with Crippen molar-refractivity contribution in [3.63, 3.8) is 0 Å². The van der Waals surface area contributed by atoms with Crippen molar-refractivity contribution < 1.29 is 0 Å². The van der Waals surface area contributed by atoms with Gasteiger partial charge >= 0.3 is 0 Å². The second kappa shape index (κ2) is 6.00. The van der Waals surface area contributed by atoms with Crippen LogP contribution in [0.2, 0.25) is 0 Å². The first-order valence-corrected chi connectivity index (χ1v) is 6.84. The molecule has 0 aliphatic carbocycles. The number of nitrogens with two attached hydrogens (primary N) is 2. The molecular formula is C17H22N2. The molecule has 0 spiro atoms. The molecule has 0 aromatic heterocycles. The highest BCUT2D eigenvalue weighted by Crippen LogP contribution is 2.30. The van der Waals surface area contributed by atoms with Crippen LogP contribution in [0.15, 0.2) is 54.6 Å². The summed E-state index contributed by atoms with van der Waals surface area (Å²) in [5, 5.41) is 0. The lowest BCUT2D eigenvalue weighted by molar-refractivity contribution is 0.519. The van der Waals surface area contributed by atoms with E-state index in [1.807, 2.05) is 18.2 Å². The van der Waals surface area contributed by atoms with Gasteiger partial charge in [-0.25, -0.2) is 0 Å². The van der Waals surface area contributed by atoms with E-state index >= 15 is 0 Å². The van der Waals surface area contributed by atoms with Crippen LogP contribution in [0.4, 0.5) is 0 Å². The van der Waals surface area contributed by atoms with Gasteiger partial charge in [-0.15, -0.1) is 0 Å². The van der Waals surface area contributed by atoms with Crippen LogP contribution < -0.4 is 11.5 Å². The fourth-order valence-electron chi connectivity index (χ4n) is 2.45. The SMILES string of the molecule is CCC(N)(c1ccccc1)c1ccc(CCN)cc1. The predicted octanol–water partition coefficient (Wildman–Crippen LogP) is 2.80. The van der Waals surface area contributed by atoms with Gasteiger partial charge in [-0.3, -0.25) is 0 Å². The van der Waals surface area contributed by atoms with E-state index in [9.17, 15) is 0 Å². The second-order valence-electron chi connectivity index (χ2n) is 4.93. The van der Waals surface area contributed by atoms with Crippen molar-refractivity contribution >= 4 is 0 Å². The lowest BCUT2D eigenvalue weighted by atomic mass is 9.81. The first-order chi connectivity index (χ1) is 9.20. The third-order valence-corrected chi connectivity index (χ3v) is 3.75. The Balaban J connectivity index is 2.36. The Morgan fingerprint density at radius 3 is 2.00 bits per heavy atom. The Morgan fingerprint density at radius 1 is 0.895 bits per heavy atom. The van der Waals surface area contributed by atoms with Crippen LogP contribution >= 0.6 is 0 Å². The zero-order chi connectivity index (χ0) is 13.7. The van der Waals surface area contributed by atoms with Crippen LogP contribution in [-0.2, 0) is 12.0 Å². The molecule has 0 aliphatic rings. The van der Waals surface area contributed by atoms with Gasteiger partial charge in [-0.2, -0.15) is 0 Å². The minimum absolute atomic E-state index is 0.414. The Labute approximate surface area is 115 Å². The third-order valence-electron chi connectivity index (χ3n) is 3.75. The summed E-state index contributed by atoms with van der Waals surface area (Å²) in [7, 11) is 0. The molecule has 4 N–H and O–H groups in total. The maximum Gasteiger partial charge on any atom is 0.0662 e.